The third-order valence-corrected chi connectivity index (χ3v) is 7.48. The molecule has 8 heteroatoms. The van der Waals surface area contributed by atoms with Crippen LogP contribution in [-0.4, -0.2) is 16.9 Å². The molecule has 4 aromatic carbocycles. The zero-order valence-electron chi connectivity index (χ0n) is 19.0. The number of hydrogen-bond acceptors (Lipinski definition) is 5. The minimum Gasteiger partial charge on any atom is -0.308 e. The number of anilines is 3. The number of benzene rings is 4. The van der Waals surface area contributed by atoms with Gasteiger partial charge in [0.2, 0.25) is 5.91 Å². The minimum absolute atomic E-state index is 0.144. The van der Waals surface area contributed by atoms with Crippen LogP contribution in [0.3, 0.4) is 0 Å². The summed E-state index contributed by atoms with van der Waals surface area (Å²) in [6.07, 6.45) is 0. The second kappa shape index (κ2) is 11.1. The van der Waals surface area contributed by atoms with Crippen molar-refractivity contribution >= 4 is 61.8 Å². The number of rotatable bonds is 7. The van der Waals surface area contributed by atoms with Crippen molar-refractivity contribution in [3.05, 3.63) is 115 Å². The summed E-state index contributed by atoms with van der Waals surface area (Å²) >= 11 is 2.90. The average Bonchev–Trinajstić information content (AvgIpc) is 3.31. The van der Waals surface area contributed by atoms with Crippen LogP contribution >= 0.6 is 23.1 Å². The third kappa shape index (κ3) is 5.91. The first-order valence-electron chi connectivity index (χ1n) is 11.3. The van der Waals surface area contributed by atoms with Gasteiger partial charge >= 0.3 is 6.03 Å². The van der Waals surface area contributed by atoms with Crippen LogP contribution in [0, 0.1) is 0 Å². The first-order chi connectivity index (χ1) is 17.6. The van der Waals surface area contributed by atoms with E-state index in [9.17, 15) is 9.59 Å². The molecule has 5 aromatic rings. The molecule has 1 aromatic heterocycles. The van der Waals surface area contributed by atoms with Crippen LogP contribution < -0.4 is 16.0 Å². The lowest BCUT2D eigenvalue weighted by molar-refractivity contribution is -0.115. The van der Waals surface area contributed by atoms with Gasteiger partial charge in [-0.3, -0.25) is 4.79 Å². The molecule has 5 rings (SSSR count). The Bertz CT molecular complexity index is 1440. The van der Waals surface area contributed by atoms with Crippen molar-refractivity contribution in [1.82, 2.24) is 4.98 Å². The van der Waals surface area contributed by atoms with Crippen molar-refractivity contribution in [2.75, 3.05) is 16.0 Å². The van der Waals surface area contributed by atoms with E-state index >= 15 is 0 Å². The van der Waals surface area contributed by atoms with Gasteiger partial charge in [-0.25, -0.2) is 9.78 Å². The van der Waals surface area contributed by atoms with Gasteiger partial charge in [-0.2, -0.15) is 0 Å². The van der Waals surface area contributed by atoms with Crippen LogP contribution in [0.4, 0.5) is 21.3 Å². The van der Waals surface area contributed by atoms with Crippen molar-refractivity contribution in [2.24, 2.45) is 0 Å². The highest BCUT2D eigenvalue weighted by Crippen LogP contribution is 2.37. The average molecular weight is 511 g/mol. The van der Waals surface area contributed by atoms with Crippen molar-refractivity contribution in [2.45, 2.75) is 10.1 Å². The van der Waals surface area contributed by atoms with Crippen molar-refractivity contribution in [3.8, 4) is 0 Å². The van der Waals surface area contributed by atoms with E-state index in [0.29, 0.717) is 16.5 Å². The molecule has 1 unspecified atom stereocenters. The normalized spacial score (nSPS) is 11.6. The summed E-state index contributed by atoms with van der Waals surface area (Å²) in [6, 6.07) is 33.8. The number of amides is 3. The number of aromatic nitrogens is 1. The molecule has 1 atom stereocenters. The van der Waals surface area contributed by atoms with Crippen LogP contribution in [0.1, 0.15) is 10.8 Å². The Morgan fingerprint density at radius 3 is 2.00 bits per heavy atom. The Balaban J connectivity index is 1.28. The molecule has 0 saturated heterocycles. The summed E-state index contributed by atoms with van der Waals surface area (Å²) in [4.78, 5) is 31.1. The van der Waals surface area contributed by atoms with Crippen LogP contribution in [-0.2, 0) is 4.79 Å². The molecule has 0 aliphatic rings. The molecular weight excluding hydrogens is 488 g/mol. The van der Waals surface area contributed by atoms with E-state index < -0.39 is 5.25 Å². The Morgan fingerprint density at radius 1 is 0.694 bits per heavy atom. The molecule has 6 nitrogen and oxygen atoms in total. The van der Waals surface area contributed by atoms with Crippen LogP contribution in [0.2, 0.25) is 0 Å². The summed E-state index contributed by atoms with van der Waals surface area (Å²) < 4.78 is 1.02. The summed E-state index contributed by atoms with van der Waals surface area (Å²) in [7, 11) is 0. The number of nitrogens with one attached hydrogen (secondary N) is 3. The van der Waals surface area contributed by atoms with Gasteiger partial charge in [-0.05, 0) is 54.1 Å². The molecule has 0 spiro atoms. The van der Waals surface area contributed by atoms with E-state index in [-0.39, 0.29) is 11.9 Å². The highest BCUT2D eigenvalue weighted by atomic mass is 32.2. The monoisotopic (exact) mass is 510 g/mol. The van der Waals surface area contributed by atoms with Gasteiger partial charge in [0, 0.05) is 16.3 Å². The fraction of sp³-hybridized carbons (Fsp3) is 0.0357. The molecule has 3 N–H and O–H groups in total. The third-order valence-electron chi connectivity index (χ3n) is 5.26. The standard InChI is InChI=1S/C28H22N4O2S2/c33-26(32-28-31-23-13-7-8-14-24(23)36-28)25(19-9-3-1-4-10-19)35-22-17-15-21(16-18-22)30-27(34)29-20-11-5-2-6-12-20/h1-18,25H,(H2,29,30,34)(H,31,32,33). The predicted molar refractivity (Wildman–Crippen MR) is 149 cm³/mol. The summed E-state index contributed by atoms with van der Waals surface area (Å²) in [6.45, 7) is 0. The van der Waals surface area contributed by atoms with Crippen molar-refractivity contribution in [3.63, 3.8) is 0 Å². The lowest BCUT2D eigenvalue weighted by Crippen LogP contribution is -2.19. The van der Waals surface area contributed by atoms with E-state index in [1.54, 1.807) is 0 Å². The van der Waals surface area contributed by atoms with Crippen LogP contribution in [0.15, 0.2) is 114 Å². The fourth-order valence-electron chi connectivity index (χ4n) is 3.57. The first kappa shape index (κ1) is 23.6. The van der Waals surface area contributed by atoms with Crippen LogP contribution in [0.25, 0.3) is 10.2 Å². The number of nitrogens with zero attached hydrogens (tertiary/aromatic N) is 1. The SMILES string of the molecule is O=C(Nc1ccccc1)Nc1ccc(SC(C(=O)Nc2nc3ccccc3s2)c2ccccc2)cc1. The number of para-hydroxylation sites is 2. The minimum atomic E-state index is -0.474. The largest absolute Gasteiger partial charge is 0.323 e. The maximum atomic E-state index is 13.3. The molecular formula is C28H22N4O2S2. The van der Waals surface area contributed by atoms with Gasteiger partial charge in [-0.15, -0.1) is 11.8 Å². The Kier molecular flexibility index (Phi) is 7.25. The number of hydrogen-bond donors (Lipinski definition) is 3. The number of fused-ring (bicyclic) bond motifs is 1. The summed E-state index contributed by atoms with van der Waals surface area (Å²) in [5, 5.41) is 8.71. The smallest absolute Gasteiger partial charge is 0.308 e. The highest BCUT2D eigenvalue weighted by Gasteiger charge is 2.23. The molecule has 3 amide bonds. The fourth-order valence-corrected chi connectivity index (χ4v) is 5.46. The number of carbonyl (C=O) groups excluding carboxylic acids is 2. The summed E-state index contributed by atoms with van der Waals surface area (Å²) in [5.41, 5.74) is 3.13. The number of thioether (sulfide) groups is 1. The first-order valence-corrected chi connectivity index (χ1v) is 12.9. The second-order valence-electron chi connectivity index (χ2n) is 7.85. The number of urea groups is 1. The zero-order valence-corrected chi connectivity index (χ0v) is 20.7. The number of thiazole rings is 1. The quantitative estimate of drug-likeness (QED) is 0.199. The molecule has 1 heterocycles. The maximum Gasteiger partial charge on any atom is 0.323 e. The van der Waals surface area contributed by atoms with Crippen molar-refractivity contribution in [1.29, 1.82) is 0 Å². The molecule has 0 bridgehead atoms. The van der Waals surface area contributed by atoms with E-state index in [2.05, 4.69) is 20.9 Å². The van der Waals surface area contributed by atoms with Gasteiger partial charge in [0.05, 0.1) is 10.2 Å². The molecule has 0 saturated carbocycles. The van der Waals surface area contributed by atoms with E-state index in [4.69, 9.17) is 0 Å². The van der Waals surface area contributed by atoms with Crippen LogP contribution in [0.5, 0.6) is 0 Å². The summed E-state index contributed by atoms with van der Waals surface area (Å²) in [5.74, 6) is -0.144. The van der Waals surface area contributed by atoms with Gasteiger partial charge in [0.25, 0.3) is 0 Å². The second-order valence-corrected chi connectivity index (χ2v) is 10.1. The molecule has 0 radical (unpaired) electrons. The Morgan fingerprint density at radius 2 is 1.31 bits per heavy atom. The highest BCUT2D eigenvalue weighted by molar-refractivity contribution is 8.00. The van der Waals surface area contributed by atoms with Gasteiger partial charge < -0.3 is 16.0 Å². The molecule has 36 heavy (non-hydrogen) atoms. The van der Waals surface area contributed by atoms with Crippen molar-refractivity contribution < 1.29 is 9.59 Å². The molecule has 0 fully saturated rings. The molecule has 0 aliphatic carbocycles. The lowest BCUT2D eigenvalue weighted by atomic mass is 10.1. The molecule has 178 valence electrons. The predicted octanol–water partition coefficient (Wildman–Crippen LogP) is 7.41. The Hall–Kier alpha value is -4.14. The topological polar surface area (TPSA) is 83.1 Å². The van der Waals surface area contributed by atoms with Gasteiger partial charge in [0.1, 0.15) is 5.25 Å². The zero-order chi connectivity index (χ0) is 24.7. The Labute approximate surface area is 216 Å². The lowest BCUT2D eigenvalue weighted by Gasteiger charge is -2.16. The van der Waals surface area contributed by atoms with E-state index in [0.717, 1.165) is 20.7 Å². The maximum absolute atomic E-state index is 13.3. The van der Waals surface area contributed by atoms with Gasteiger partial charge in [-0.1, -0.05) is 72.0 Å². The van der Waals surface area contributed by atoms with E-state index in [1.807, 2.05) is 109 Å². The number of carbonyl (C=O) groups is 2. The van der Waals surface area contributed by atoms with E-state index in [1.165, 1.54) is 23.1 Å². The molecule has 0 aliphatic heterocycles. The van der Waals surface area contributed by atoms with Gasteiger partial charge in [0.15, 0.2) is 5.13 Å².